The lowest BCUT2D eigenvalue weighted by atomic mass is 10.3. The molecule has 0 radical (unpaired) electrons. The molecule has 0 spiro atoms. The number of rotatable bonds is 1. The Kier molecular flexibility index (Phi) is 6.64. The summed E-state index contributed by atoms with van der Waals surface area (Å²) >= 11 is 0. The fourth-order valence-electron chi connectivity index (χ4n) is 0.603. The summed E-state index contributed by atoms with van der Waals surface area (Å²) in [5.74, 6) is 10.2. The van der Waals surface area contributed by atoms with E-state index in [2.05, 4.69) is 30.3 Å². The fraction of sp³-hybridized carbons (Fsp3) is 0.250. The van der Waals surface area contributed by atoms with E-state index >= 15 is 0 Å². The van der Waals surface area contributed by atoms with Crippen molar-refractivity contribution in [3.8, 4) is 23.7 Å². The predicted octanol–water partition coefficient (Wildman–Crippen LogP) is 1.69. The van der Waals surface area contributed by atoms with Crippen LogP contribution in [0.5, 0.6) is 0 Å². The molecule has 0 unspecified atom stereocenters. The van der Waals surface area contributed by atoms with Gasteiger partial charge in [0.05, 0.1) is 0 Å². The monoisotopic (exact) mass is 188 g/mol. The Balaban J connectivity index is 4.49. The van der Waals surface area contributed by atoms with E-state index in [4.69, 9.17) is 4.74 Å². The van der Waals surface area contributed by atoms with E-state index in [1.165, 1.54) is 13.0 Å². The molecule has 0 aliphatic carbocycles. The van der Waals surface area contributed by atoms with Crippen molar-refractivity contribution >= 4 is 5.97 Å². The van der Waals surface area contributed by atoms with E-state index in [9.17, 15) is 4.79 Å². The van der Waals surface area contributed by atoms with Crippen molar-refractivity contribution in [3.63, 3.8) is 0 Å². The highest BCUT2D eigenvalue weighted by Gasteiger charge is 2.02. The second-order valence-electron chi connectivity index (χ2n) is 2.27. The molecule has 0 fully saturated rings. The molecule has 0 saturated carbocycles. The van der Waals surface area contributed by atoms with Gasteiger partial charge in [-0.2, -0.15) is 0 Å². The minimum absolute atomic E-state index is 0.400. The molecule has 2 heteroatoms. The van der Waals surface area contributed by atoms with E-state index in [-0.39, 0.29) is 0 Å². The lowest BCUT2D eigenvalue weighted by Gasteiger charge is -2.01. The normalized spacial score (nSPS) is 10.4. The Bertz CT molecular complexity index is 342. The number of esters is 1. The summed E-state index contributed by atoms with van der Waals surface area (Å²) in [6, 6.07) is 0. The van der Waals surface area contributed by atoms with Gasteiger partial charge in [0.15, 0.2) is 0 Å². The molecule has 72 valence electrons. The molecule has 0 amide bonds. The first-order chi connectivity index (χ1) is 6.70. The first kappa shape index (κ1) is 12.1. The topological polar surface area (TPSA) is 26.3 Å². The molecule has 0 aromatic carbocycles. The average molecular weight is 188 g/mol. The van der Waals surface area contributed by atoms with Crippen LogP contribution < -0.4 is 0 Å². The average Bonchev–Trinajstić information content (AvgIpc) is 2.13. The number of hydrogen-bond donors (Lipinski definition) is 0. The Labute approximate surface area is 84.6 Å². The van der Waals surface area contributed by atoms with Crippen LogP contribution in [0.3, 0.4) is 0 Å². The molecular weight excluding hydrogens is 176 g/mol. The van der Waals surface area contributed by atoms with Crippen LogP contribution in [0.15, 0.2) is 24.8 Å². The van der Waals surface area contributed by atoms with Crippen LogP contribution in [0.4, 0.5) is 0 Å². The van der Waals surface area contributed by atoms with Crippen LogP contribution in [-0.2, 0) is 9.53 Å². The van der Waals surface area contributed by atoms with E-state index in [0.717, 1.165) is 0 Å². The molecular formula is C12H12O2. The number of carbonyl (C=O) groups excluding carboxylic acids is 1. The van der Waals surface area contributed by atoms with Crippen LogP contribution in [0.1, 0.15) is 13.8 Å². The summed E-state index contributed by atoms with van der Waals surface area (Å²) in [5.41, 5.74) is 0. The molecule has 0 rings (SSSR count). The molecule has 0 heterocycles. The van der Waals surface area contributed by atoms with Gasteiger partial charge < -0.3 is 4.74 Å². The first-order valence-corrected chi connectivity index (χ1v) is 4.12. The molecule has 0 bridgehead atoms. The first-order valence-electron chi connectivity index (χ1n) is 4.12. The van der Waals surface area contributed by atoms with Crippen LogP contribution in [-0.4, -0.2) is 12.1 Å². The number of ether oxygens (including phenoxy) is 1. The number of hydrogen-bond acceptors (Lipinski definition) is 2. The highest BCUT2D eigenvalue weighted by atomic mass is 16.5. The summed E-state index contributed by atoms with van der Waals surface area (Å²) in [6.45, 7) is 6.60. The van der Waals surface area contributed by atoms with Gasteiger partial charge in [0.25, 0.3) is 0 Å². The Morgan fingerprint density at radius 2 is 2.07 bits per heavy atom. The molecule has 14 heavy (non-hydrogen) atoms. The van der Waals surface area contributed by atoms with E-state index in [1.807, 2.05) is 6.92 Å². The molecule has 0 N–H and O–H groups in total. The maximum absolute atomic E-state index is 10.6. The van der Waals surface area contributed by atoms with Crippen molar-refractivity contribution in [1.82, 2.24) is 0 Å². The minimum Gasteiger partial charge on any atom is -0.437 e. The number of carbonyl (C=O) groups is 1. The van der Waals surface area contributed by atoms with Gasteiger partial charge in [-0.05, 0) is 30.9 Å². The maximum atomic E-state index is 10.6. The van der Waals surface area contributed by atoms with Gasteiger partial charge in [0.1, 0.15) is 0 Å². The third-order valence-electron chi connectivity index (χ3n) is 1.06. The molecule has 0 saturated heterocycles. The zero-order chi connectivity index (χ0) is 10.8. The fourth-order valence-corrected chi connectivity index (χ4v) is 0.603. The van der Waals surface area contributed by atoms with Gasteiger partial charge in [-0.3, -0.25) is 4.79 Å². The third-order valence-corrected chi connectivity index (χ3v) is 1.06. The number of allylic oxidation sites excluding steroid dienone is 3. The lowest BCUT2D eigenvalue weighted by molar-refractivity contribution is -0.141. The minimum atomic E-state index is -0.679. The Morgan fingerprint density at radius 3 is 2.57 bits per heavy atom. The summed E-state index contributed by atoms with van der Waals surface area (Å²) in [6.07, 6.45) is 4.19. The van der Waals surface area contributed by atoms with Crippen LogP contribution >= 0.6 is 0 Å². The largest absolute Gasteiger partial charge is 0.437 e. The second kappa shape index (κ2) is 7.71. The molecule has 0 aliphatic rings. The van der Waals surface area contributed by atoms with Gasteiger partial charge in [0.2, 0.25) is 6.10 Å². The molecule has 0 aromatic rings. The van der Waals surface area contributed by atoms with Crippen LogP contribution in [0.2, 0.25) is 0 Å². The van der Waals surface area contributed by atoms with Crippen LogP contribution in [0, 0.1) is 23.7 Å². The molecule has 1 atom stereocenters. The Morgan fingerprint density at radius 1 is 1.43 bits per heavy atom. The van der Waals surface area contributed by atoms with Crippen molar-refractivity contribution in [3.05, 3.63) is 24.8 Å². The van der Waals surface area contributed by atoms with E-state index in [1.54, 1.807) is 12.2 Å². The standard InChI is InChI=1S/C12H12O2/c1-4-6-8-10-12(9-7-5-2)14-11(3)13/h4-6,12H,2H2,1,3H3/b6-4-/t12-/m1/s1. The summed E-state index contributed by atoms with van der Waals surface area (Å²) in [7, 11) is 0. The lowest BCUT2D eigenvalue weighted by Crippen LogP contribution is -2.11. The van der Waals surface area contributed by atoms with Crippen molar-refractivity contribution in [2.75, 3.05) is 0 Å². The smallest absolute Gasteiger partial charge is 0.304 e. The predicted molar refractivity (Wildman–Crippen MR) is 56.1 cm³/mol. The van der Waals surface area contributed by atoms with Crippen LogP contribution in [0.25, 0.3) is 0 Å². The summed E-state index contributed by atoms with van der Waals surface area (Å²) < 4.78 is 4.83. The third kappa shape index (κ3) is 6.76. The highest BCUT2D eigenvalue weighted by molar-refractivity contribution is 5.67. The maximum Gasteiger partial charge on any atom is 0.304 e. The van der Waals surface area contributed by atoms with E-state index < -0.39 is 12.1 Å². The zero-order valence-corrected chi connectivity index (χ0v) is 8.33. The highest BCUT2D eigenvalue weighted by Crippen LogP contribution is 1.89. The summed E-state index contributed by atoms with van der Waals surface area (Å²) in [4.78, 5) is 10.6. The van der Waals surface area contributed by atoms with Gasteiger partial charge in [0, 0.05) is 6.92 Å². The van der Waals surface area contributed by atoms with Gasteiger partial charge in [-0.1, -0.05) is 24.5 Å². The van der Waals surface area contributed by atoms with Gasteiger partial charge in [-0.15, -0.1) is 0 Å². The summed E-state index contributed by atoms with van der Waals surface area (Å²) in [5, 5.41) is 0. The van der Waals surface area contributed by atoms with Crippen molar-refractivity contribution < 1.29 is 9.53 Å². The van der Waals surface area contributed by atoms with Crippen molar-refractivity contribution in [1.29, 1.82) is 0 Å². The second-order valence-corrected chi connectivity index (χ2v) is 2.27. The molecule has 0 aromatic heterocycles. The molecule has 2 nitrogen and oxygen atoms in total. The SMILES string of the molecule is C=CC#C[C@H](C#C/C=C\C)OC(C)=O. The van der Waals surface area contributed by atoms with Crippen molar-refractivity contribution in [2.24, 2.45) is 0 Å². The Hall–Kier alpha value is -1.93. The van der Waals surface area contributed by atoms with Gasteiger partial charge in [-0.25, -0.2) is 0 Å². The van der Waals surface area contributed by atoms with Gasteiger partial charge >= 0.3 is 5.97 Å². The van der Waals surface area contributed by atoms with E-state index in [0.29, 0.717) is 0 Å². The zero-order valence-electron chi connectivity index (χ0n) is 8.33. The van der Waals surface area contributed by atoms with Crippen molar-refractivity contribution in [2.45, 2.75) is 20.0 Å². The molecule has 0 aliphatic heterocycles. The quantitative estimate of drug-likeness (QED) is 0.462.